The molecule has 3 aromatic rings. The van der Waals surface area contributed by atoms with E-state index in [1.807, 2.05) is 48.5 Å². The van der Waals surface area contributed by atoms with Gasteiger partial charge in [0.1, 0.15) is 6.54 Å². The Morgan fingerprint density at radius 3 is 2.31 bits per heavy atom. The van der Waals surface area contributed by atoms with Crippen molar-refractivity contribution in [3.8, 4) is 0 Å². The molecule has 0 aliphatic carbocycles. The van der Waals surface area contributed by atoms with Gasteiger partial charge in [0.05, 0.1) is 10.9 Å². The van der Waals surface area contributed by atoms with Crippen molar-refractivity contribution < 1.29 is 18.0 Å². The van der Waals surface area contributed by atoms with Crippen molar-refractivity contribution in [2.45, 2.75) is 30.2 Å². The first-order valence-corrected chi connectivity index (χ1v) is 14.1. The summed E-state index contributed by atoms with van der Waals surface area (Å²) in [6.45, 7) is 0.887. The summed E-state index contributed by atoms with van der Waals surface area (Å²) in [5.41, 5.74) is 2.63. The highest BCUT2D eigenvalue weighted by Gasteiger charge is 2.34. The maximum Gasteiger partial charge on any atom is 0.255 e. The van der Waals surface area contributed by atoms with Gasteiger partial charge in [-0.05, 0) is 60.9 Å². The largest absolute Gasteiger partial charge is 0.324 e. The van der Waals surface area contributed by atoms with E-state index in [1.165, 1.54) is 33.5 Å². The van der Waals surface area contributed by atoms with Crippen molar-refractivity contribution in [2.24, 2.45) is 0 Å². The summed E-state index contributed by atoms with van der Waals surface area (Å²) in [7, 11) is -3.60. The number of rotatable bonds is 4. The number of amides is 2. The van der Waals surface area contributed by atoms with Gasteiger partial charge in [0.15, 0.2) is 0 Å². The lowest BCUT2D eigenvalue weighted by molar-refractivity contribution is -0.117. The van der Waals surface area contributed by atoms with Gasteiger partial charge in [-0.1, -0.05) is 52.7 Å². The van der Waals surface area contributed by atoms with Gasteiger partial charge >= 0.3 is 0 Å². The molecule has 5 rings (SSSR count). The van der Waals surface area contributed by atoms with Crippen LogP contribution in [0.5, 0.6) is 0 Å². The Morgan fingerprint density at radius 2 is 1.61 bits per heavy atom. The van der Waals surface area contributed by atoms with Crippen LogP contribution in [0.1, 0.15) is 46.8 Å². The summed E-state index contributed by atoms with van der Waals surface area (Å²) in [4.78, 5) is 28.3. The molecule has 0 aromatic heterocycles. The third-order valence-electron chi connectivity index (χ3n) is 6.64. The maximum atomic E-state index is 13.8. The molecule has 1 unspecified atom stereocenters. The first kappa shape index (κ1) is 24.7. The van der Waals surface area contributed by atoms with Crippen molar-refractivity contribution in [1.82, 2.24) is 9.21 Å². The lowest BCUT2D eigenvalue weighted by atomic mass is 9.95. The molecular weight excluding hydrogens is 542 g/mol. The van der Waals surface area contributed by atoms with Crippen LogP contribution in [0, 0.1) is 0 Å². The molecule has 2 aliphatic rings. The van der Waals surface area contributed by atoms with Crippen LogP contribution in [0.3, 0.4) is 0 Å². The van der Waals surface area contributed by atoms with Crippen LogP contribution in [0.4, 0.5) is 5.69 Å². The van der Waals surface area contributed by atoms with E-state index < -0.39 is 16.1 Å². The van der Waals surface area contributed by atoms with Gasteiger partial charge in [-0.15, -0.1) is 0 Å². The van der Waals surface area contributed by atoms with E-state index >= 15 is 0 Å². The fourth-order valence-corrected chi connectivity index (χ4v) is 6.75. The number of benzene rings is 3. The second-order valence-electron chi connectivity index (χ2n) is 9.02. The second kappa shape index (κ2) is 10.2. The van der Waals surface area contributed by atoms with Gasteiger partial charge in [0.2, 0.25) is 15.9 Å². The number of nitrogens with zero attached hydrogens (tertiary/aromatic N) is 2. The van der Waals surface area contributed by atoms with Gasteiger partial charge in [0, 0.05) is 34.4 Å². The van der Waals surface area contributed by atoms with Crippen LogP contribution in [-0.2, 0) is 14.8 Å². The number of hydrogen-bond donors (Lipinski definition) is 1. The molecule has 0 spiro atoms. The molecule has 0 radical (unpaired) electrons. The number of piperidine rings is 1. The molecule has 0 bridgehead atoms. The number of carbonyl (C=O) groups is 2. The van der Waals surface area contributed by atoms with Crippen LogP contribution in [-0.4, -0.2) is 49.1 Å². The monoisotopic (exact) mass is 567 g/mol. The standard InChI is InChI=1S/C27H26BrN3O4S/c28-21-11-14-24-23(17-21)26(19-7-3-1-4-8-19)31(18-25(32)29-24)27(33)20-9-12-22(13-10-20)36(34,35)30-15-5-2-6-16-30/h1,3-4,7-14,17,26H,2,5-6,15-16,18H2,(H,29,32). The van der Waals surface area contributed by atoms with Crippen molar-refractivity contribution in [3.05, 3.63) is 94.0 Å². The molecule has 1 saturated heterocycles. The predicted octanol–water partition coefficient (Wildman–Crippen LogP) is 4.81. The molecule has 2 heterocycles. The van der Waals surface area contributed by atoms with E-state index in [0.29, 0.717) is 24.3 Å². The van der Waals surface area contributed by atoms with Gasteiger partial charge in [0.25, 0.3) is 5.91 Å². The van der Waals surface area contributed by atoms with Crippen molar-refractivity contribution in [3.63, 3.8) is 0 Å². The third kappa shape index (κ3) is 4.83. The summed E-state index contributed by atoms with van der Waals surface area (Å²) in [5.74, 6) is -0.650. The number of carbonyl (C=O) groups excluding carboxylic acids is 2. The highest BCUT2D eigenvalue weighted by Crippen LogP contribution is 2.38. The van der Waals surface area contributed by atoms with Gasteiger partial charge < -0.3 is 10.2 Å². The SMILES string of the molecule is O=C1CN(C(=O)c2ccc(S(=O)(=O)N3CCCCC3)cc2)C(c2ccccc2)c2cc(Br)ccc2N1. The number of sulfonamides is 1. The lowest BCUT2D eigenvalue weighted by Crippen LogP contribution is -2.39. The van der Waals surface area contributed by atoms with Crippen LogP contribution < -0.4 is 5.32 Å². The minimum Gasteiger partial charge on any atom is -0.324 e. The van der Waals surface area contributed by atoms with Crippen molar-refractivity contribution >= 4 is 43.5 Å². The van der Waals surface area contributed by atoms with E-state index in [4.69, 9.17) is 0 Å². The highest BCUT2D eigenvalue weighted by molar-refractivity contribution is 9.10. The molecule has 36 heavy (non-hydrogen) atoms. The van der Waals surface area contributed by atoms with Crippen LogP contribution in [0.2, 0.25) is 0 Å². The van der Waals surface area contributed by atoms with E-state index in [1.54, 1.807) is 0 Å². The molecular formula is C27H26BrN3O4S. The zero-order valence-corrected chi connectivity index (χ0v) is 22.0. The average Bonchev–Trinajstić information content (AvgIpc) is 3.05. The first-order valence-electron chi connectivity index (χ1n) is 11.9. The van der Waals surface area contributed by atoms with E-state index in [9.17, 15) is 18.0 Å². The molecule has 1 N–H and O–H groups in total. The summed E-state index contributed by atoms with van der Waals surface area (Å²) in [6, 6.07) is 20.7. The summed E-state index contributed by atoms with van der Waals surface area (Å²) >= 11 is 3.52. The third-order valence-corrected chi connectivity index (χ3v) is 9.04. The van der Waals surface area contributed by atoms with Gasteiger partial charge in [-0.3, -0.25) is 9.59 Å². The van der Waals surface area contributed by atoms with Crippen molar-refractivity contribution in [2.75, 3.05) is 25.0 Å². The Labute approximate surface area is 219 Å². The van der Waals surface area contributed by atoms with Crippen LogP contribution in [0.15, 0.2) is 82.2 Å². The molecule has 3 aromatic carbocycles. The minimum absolute atomic E-state index is 0.140. The molecule has 2 amide bonds. The highest BCUT2D eigenvalue weighted by atomic mass is 79.9. The fraction of sp³-hybridized carbons (Fsp3) is 0.259. The van der Waals surface area contributed by atoms with Crippen LogP contribution >= 0.6 is 15.9 Å². The molecule has 2 aliphatic heterocycles. The average molecular weight is 568 g/mol. The normalized spacial score (nSPS) is 18.8. The number of fused-ring (bicyclic) bond motifs is 1. The van der Waals surface area contributed by atoms with E-state index in [-0.39, 0.29) is 23.3 Å². The summed E-state index contributed by atoms with van der Waals surface area (Å²) in [5, 5.41) is 2.91. The zero-order chi connectivity index (χ0) is 25.3. The van der Waals surface area contributed by atoms with E-state index in [0.717, 1.165) is 34.9 Å². The first-order chi connectivity index (χ1) is 17.3. The number of anilines is 1. The number of hydrogen-bond acceptors (Lipinski definition) is 4. The number of halogens is 1. The van der Waals surface area contributed by atoms with Gasteiger partial charge in [-0.25, -0.2) is 8.42 Å². The Balaban J connectivity index is 1.52. The Morgan fingerprint density at radius 1 is 0.917 bits per heavy atom. The molecule has 1 fully saturated rings. The molecule has 1 atom stereocenters. The topological polar surface area (TPSA) is 86.8 Å². The molecule has 9 heteroatoms. The molecule has 7 nitrogen and oxygen atoms in total. The van der Waals surface area contributed by atoms with Crippen molar-refractivity contribution in [1.29, 1.82) is 0 Å². The molecule has 0 saturated carbocycles. The fourth-order valence-electron chi connectivity index (χ4n) is 4.85. The Bertz CT molecular complexity index is 1390. The smallest absolute Gasteiger partial charge is 0.255 e. The van der Waals surface area contributed by atoms with Crippen LogP contribution in [0.25, 0.3) is 0 Å². The zero-order valence-electron chi connectivity index (χ0n) is 19.6. The quantitative estimate of drug-likeness (QED) is 0.490. The summed E-state index contributed by atoms with van der Waals surface area (Å²) in [6.07, 6.45) is 2.74. The number of nitrogens with one attached hydrogen (secondary N) is 1. The summed E-state index contributed by atoms with van der Waals surface area (Å²) < 4.78 is 28.4. The van der Waals surface area contributed by atoms with Gasteiger partial charge in [-0.2, -0.15) is 4.31 Å². The van der Waals surface area contributed by atoms with E-state index in [2.05, 4.69) is 21.2 Å². The Kier molecular flexibility index (Phi) is 6.96. The maximum absolute atomic E-state index is 13.8. The minimum atomic E-state index is -3.60. The Hall–Kier alpha value is -3.01. The second-order valence-corrected chi connectivity index (χ2v) is 11.9. The predicted molar refractivity (Wildman–Crippen MR) is 141 cm³/mol. The molecule has 186 valence electrons. The lowest BCUT2D eigenvalue weighted by Gasteiger charge is -2.31.